The molecule has 0 fully saturated rings. The van der Waals surface area contributed by atoms with Crippen molar-refractivity contribution in [3.8, 4) is 44.5 Å². The Morgan fingerprint density at radius 2 is 0.693 bits per heavy atom. The van der Waals surface area contributed by atoms with Crippen molar-refractivity contribution in [1.82, 2.24) is 19.9 Å². The summed E-state index contributed by atoms with van der Waals surface area (Å²) in [5.41, 5.74) is 19.8. The first-order valence-electron chi connectivity index (χ1n) is 26.7. The van der Waals surface area contributed by atoms with Crippen molar-refractivity contribution in [2.24, 2.45) is 0 Å². The third kappa shape index (κ3) is 10.5. The van der Waals surface area contributed by atoms with Crippen LogP contribution in [0.4, 0.5) is 0 Å². The Kier molecular flexibility index (Phi) is 12.9. The fraction of sp³-hybridized carbons (Fsp3) is 0.348. The van der Waals surface area contributed by atoms with E-state index in [1.807, 2.05) is 42.5 Å². The van der Waals surface area contributed by atoms with Crippen molar-refractivity contribution in [1.29, 1.82) is 0 Å². The number of nitrogens with one attached hydrogen (secondary N) is 2. The number of hydrogen-bond acceptors (Lipinski definition) is 3. The highest BCUT2D eigenvalue weighted by Gasteiger charge is 2.29. The highest BCUT2D eigenvalue weighted by atomic mass is 16.4. The molecular weight excluding hydrogens is 917 g/mol. The third-order valence-electron chi connectivity index (χ3n) is 15.0. The fourth-order valence-electron chi connectivity index (χ4n) is 10.2. The highest BCUT2D eigenvalue weighted by Crippen LogP contribution is 2.44. The van der Waals surface area contributed by atoms with E-state index in [2.05, 4.69) is 220 Å². The van der Waals surface area contributed by atoms with Crippen LogP contribution in [0.15, 0.2) is 103 Å². The molecule has 2 aliphatic rings. The number of H-pyrrole nitrogens is 2. The van der Waals surface area contributed by atoms with Gasteiger partial charge in [0.2, 0.25) is 0 Å². The van der Waals surface area contributed by atoms with E-state index in [9.17, 15) is 9.90 Å². The topological polar surface area (TPSA) is 94.7 Å². The van der Waals surface area contributed by atoms with Crippen LogP contribution in [0, 0.1) is 0 Å². The van der Waals surface area contributed by atoms with Gasteiger partial charge in [0.25, 0.3) is 0 Å². The number of aromatic nitrogens is 4. The molecule has 0 atom stereocenters. The van der Waals surface area contributed by atoms with Gasteiger partial charge in [0.1, 0.15) is 0 Å². The second-order valence-corrected chi connectivity index (χ2v) is 27.3. The molecule has 2 aliphatic heterocycles. The molecule has 6 heteroatoms. The molecule has 4 aromatic carbocycles. The van der Waals surface area contributed by atoms with Crippen LogP contribution in [-0.2, 0) is 32.5 Å². The lowest BCUT2D eigenvalue weighted by Gasteiger charge is -2.26. The van der Waals surface area contributed by atoms with Gasteiger partial charge < -0.3 is 15.1 Å². The van der Waals surface area contributed by atoms with Gasteiger partial charge in [-0.15, -0.1) is 0 Å². The summed E-state index contributed by atoms with van der Waals surface area (Å²) in [5.74, 6) is -1.03. The smallest absolute Gasteiger partial charge is 0.337 e. The van der Waals surface area contributed by atoms with Crippen LogP contribution >= 0.6 is 0 Å². The Balaban J connectivity index is 1.57. The summed E-state index contributed by atoms with van der Waals surface area (Å²) < 4.78 is 0. The molecule has 3 N–H and O–H groups in total. The van der Waals surface area contributed by atoms with Gasteiger partial charge in [0.15, 0.2) is 0 Å². The normalized spacial score (nSPS) is 13.5. The molecule has 0 saturated heterocycles. The maximum atomic E-state index is 13.9. The van der Waals surface area contributed by atoms with Crippen LogP contribution in [-0.4, -0.2) is 31.0 Å². The van der Waals surface area contributed by atoms with E-state index in [4.69, 9.17) is 9.97 Å². The average molecular weight is 995 g/mol. The zero-order valence-corrected chi connectivity index (χ0v) is 47.9. The molecule has 0 saturated carbocycles. The third-order valence-corrected chi connectivity index (χ3v) is 15.0. The lowest BCUT2D eigenvalue weighted by molar-refractivity contribution is 0.0699. The molecule has 5 heterocycles. The molecule has 75 heavy (non-hydrogen) atoms. The highest BCUT2D eigenvalue weighted by molar-refractivity contribution is 6.08. The predicted octanol–water partition coefficient (Wildman–Crippen LogP) is 18.8. The molecule has 0 spiro atoms. The first-order chi connectivity index (χ1) is 34.8. The number of carboxylic acid groups (broad SMARTS) is 1. The van der Waals surface area contributed by atoms with E-state index in [0.717, 1.165) is 67.1 Å². The first kappa shape index (κ1) is 52.8. The maximum Gasteiger partial charge on any atom is 0.337 e. The fourth-order valence-corrected chi connectivity index (χ4v) is 10.2. The number of hydrogen-bond donors (Lipinski definition) is 3. The lowest BCUT2D eigenvalue weighted by Crippen LogP contribution is -2.16. The second-order valence-electron chi connectivity index (χ2n) is 27.3. The largest absolute Gasteiger partial charge is 0.478 e. The number of nitrogens with zero attached hydrogens (tertiary/aromatic N) is 2. The van der Waals surface area contributed by atoms with E-state index in [1.165, 1.54) is 33.4 Å². The SMILES string of the molecule is CC(C)(C)c1cc(-c2c3nc(c(-c4cc(C(C)(C)C)cc(C(C)(C)C)c4)c4ccc([nH]4)c(-c4cc(C(C)(C)C)cc(C(C)(C)C)c4)c4cc(C(=O)O)c([nH]4)c(-c4ccccc4)c4nc2C=C4)C=C3)cc(C(C)(C)C)c1. The van der Waals surface area contributed by atoms with Gasteiger partial charge in [0, 0.05) is 38.8 Å². The molecule has 3 aromatic heterocycles. The van der Waals surface area contributed by atoms with E-state index < -0.39 is 5.97 Å². The number of fused-ring (bicyclic) bond motifs is 8. The molecule has 6 nitrogen and oxygen atoms in total. The van der Waals surface area contributed by atoms with Gasteiger partial charge in [-0.25, -0.2) is 14.8 Å². The van der Waals surface area contributed by atoms with E-state index in [1.54, 1.807) is 0 Å². The Bertz CT molecular complexity index is 3570. The van der Waals surface area contributed by atoms with Crippen molar-refractivity contribution < 1.29 is 9.90 Å². The minimum atomic E-state index is -1.03. The summed E-state index contributed by atoms with van der Waals surface area (Å²) in [4.78, 5) is 33.0. The van der Waals surface area contributed by atoms with Crippen LogP contribution in [0.25, 0.3) is 90.9 Å². The van der Waals surface area contributed by atoms with Gasteiger partial charge in [-0.2, -0.15) is 0 Å². The molecule has 9 rings (SSSR count). The zero-order chi connectivity index (χ0) is 54.5. The van der Waals surface area contributed by atoms with Crippen molar-refractivity contribution in [2.45, 2.75) is 157 Å². The lowest BCUT2D eigenvalue weighted by atomic mass is 9.78. The summed E-state index contributed by atoms with van der Waals surface area (Å²) >= 11 is 0. The molecule has 386 valence electrons. The summed E-state index contributed by atoms with van der Waals surface area (Å²) in [5, 5.41) is 11.3. The number of aromatic carboxylic acids is 1. The van der Waals surface area contributed by atoms with Crippen molar-refractivity contribution >= 4 is 52.3 Å². The van der Waals surface area contributed by atoms with Crippen LogP contribution in [0.3, 0.4) is 0 Å². The van der Waals surface area contributed by atoms with Gasteiger partial charge in [-0.05, 0) is 131 Å². The molecule has 8 bridgehead atoms. The Morgan fingerprint density at radius 3 is 1.07 bits per heavy atom. The Labute approximate surface area is 446 Å². The molecule has 7 aromatic rings. The predicted molar refractivity (Wildman–Crippen MR) is 320 cm³/mol. The minimum absolute atomic E-state index is 0.141. The summed E-state index contributed by atoms with van der Waals surface area (Å²) in [6.07, 6.45) is 8.46. The second kappa shape index (κ2) is 18.4. The molecule has 0 radical (unpaired) electrons. The van der Waals surface area contributed by atoms with Crippen molar-refractivity contribution in [2.75, 3.05) is 0 Å². The van der Waals surface area contributed by atoms with Crippen molar-refractivity contribution in [3.05, 3.63) is 165 Å². The number of rotatable bonds is 5. The minimum Gasteiger partial charge on any atom is -0.478 e. The van der Waals surface area contributed by atoms with Gasteiger partial charge in [0.05, 0.1) is 33.9 Å². The van der Waals surface area contributed by atoms with E-state index in [0.29, 0.717) is 22.3 Å². The number of benzene rings is 4. The monoisotopic (exact) mass is 995 g/mol. The first-order valence-corrected chi connectivity index (χ1v) is 26.7. The average Bonchev–Trinajstić information content (AvgIpc) is 4.15. The molecule has 0 amide bonds. The summed E-state index contributed by atoms with van der Waals surface area (Å²) in [6, 6.07) is 37.1. The van der Waals surface area contributed by atoms with Crippen LogP contribution in [0.2, 0.25) is 0 Å². The molecule has 0 aliphatic carbocycles. The number of carbonyl (C=O) groups is 1. The number of aromatic amines is 2. The maximum absolute atomic E-state index is 13.9. The van der Waals surface area contributed by atoms with Gasteiger partial charge in [-0.3, -0.25) is 0 Å². The van der Waals surface area contributed by atoms with Gasteiger partial charge in [-0.1, -0.05) is 210 Å². The molecule has 0 unspecified atom stereocenters. The van der Waals surface area contributed by atoms with E-state index in [-0.39, 0.29) is 38.1 Å². The standard InChI is InChI=1S/C69H78N4O2/c1-64(2,3)44-30-41(31-45(36-44)65(4,5)6)58-51-24-25-52(70-51)59(42-32-46(66(7,8)9)37-47(33-42)67(10,11)12)54-28-29-56(72-54)61(40-22-20-19-21-23-40)62-50(63(74)75)39-57(73-62)60(55-27-26-53(58)71-55)43-34-48(68(13,14)15)38-49(35-43)69(16,17)18/h19-39,71,73H,1-18H3,(H,74,75). The van der Waals surface area contributed by atoms with Crippen LogP contribution < -0.4 is 0 Å². The zero-order valence-electron chi connectivity index (χ0n) is 47.9. The van der Waals surface area contributed by atoms with E-state index >= 15 is 0 Å². The number of carboxylic acids is 1. The van der Waals surface area contributed by atoms with Crippen LogP contribution in [0.5, 0.6) is 0 Å². The van der Waals surface area contributed by atoms with Crippen LogP contribution in [0.1, 0.15) is 191 Å². The van der Waals surface area contributed by atoms with Crippen molar-refractivity contribution in [3.63, 3.8) is 0 Å². The summed E-state index contributed by atoms with van der Waals surface area (Å²) in [7, 11) is 0. The molecular formula is C69H78N4O2. The summed E-state index contributed by atoms with van der Waals surface area (Å²) in [6.45, 7) is 40.8. The van der Waals surface area contributed by atoms with Gasteiger partial charge >= 0.3 is 5.97 Å². The Morgan fingerprint density at radius 1 is 0.360 bits per heavy atom. The Hall–Kier alpha value is -7.05. The quantitative estimate of drug-likeness (QED) is 0.160.